The van der Waals surface area contributed by atoms with E-state index in [1.54, 1.807) is 6.07 Å². The van der Waals surface area contributed by atoms with E-state index in [0.717, 1.165) is 45.0 Å². The summed E-state index contributed by atoms with van der Waals surface area (Å²) in [6.07, 6.45) is 1.86. The Kier molecular flexibility index (Phi) is 6.91. The third kappa shape index (κ3) is 4.43. The van der Waals surface area contributed by atoms with Gasteiger partial charge in [-0.15, -0.1) is 23.3 Å². The molecule has 0 radical (unpaired) electrons. The third-order valence-electron chi connectivity index (χ3n) is 7.96. The first-order valence-corrected chi connectivity index (χ1v) is 13.5. The smallest absolute Gasteiger partial charge is 0.140 e. The Balaban J connectivity index is 0.00000323. The summed E-state index contributed by atoms with van der Waals surface area (Å²) < 4.78 is 0. The van der Waals surface area contributed by atoms with Crippen molar-refractivity contribution in [3.8, 4) is 17.0 Å². The Morgan fingerprint density at radius 3 is 2.40 bits per heavy atom. The summed E-state index contributed by atoms with van der Waals surface area (Å²) in [7, 11) is 0. The number of hydrogen-bond donors (Lipinski definition) is 1. The monoisotopic (exact) mass is 707 g/mol. The summed E-state index contributed by atoms with van der Waals surface area (Å²) in [5, 5.41) is 11.8. The van der Waals surface area contributed by atoms with Crippen molar-refractivity contribution in [3.63, 3.8) is 0 Å². The number of fused-ring (bicyclic) bond motifs is 3. The largest absolute Gasteiger partial charge is 0.506 e. The molecule has 1 N–H and O–H groups in total. The van der Waals surface area contributed by atoms with E-state index in [2.05, 4.69) is 102 Å². The normalized spacial score (nSPS) is 13.9. The zero-order chi connectivity index (χ0) is 27.7. The molecule has 1 aliphatic heterocycles. The second-order valence-electron chi connectivity index (χ2n) is 12.2. The van der Waals surface area contributed by atoms with Crippen LogP contribution in [0, 0.1) is 19.9 Å². The first kappa shape index (κ1) is 28.1. The van der Waals surface area contributed by atoms with E-state index < -0.39 is 0 Å². The minimum Gasteiger partial charge on any atom is -0.506 e. The molecular formula is C35H34N3OPt-. The third-order valence-corrected chi connectivity index (χ3v) is 7.96. The molecule has 206 valence electrons. The van der Waals surface area contributed by atoms with Crippen molar-refractivity contribution in [1.29, 1.82) is 0 Å². The number of aryl methyl sites for hydroxylation is 2. The van der Waals surface area contributed by atoms with Gasteiger partial charge in [0.15, 0.2) is 0 Å². The molecule has 0 atom stereocenters. The Bertz CT molecular complexity index is 1770. The quantitative estimate of drug-likeness (QED) is 0.187. The first-order chi connectivity index (χ1) is 18.5. The molecule has 40 heavy (non-hydrogen) atoms. The fraction of sp³-hybridized carbons (Fsp3) is 0.257. The fourth-order valence-corrected chi connectivity index (χ4v) is 6.14. The summed E-state index contributed by atoms with van der Waals surface area (Å²) in [4.78, 5) is 12.0. The second kappa shape index (κ2) is 9.85. The van der Waals surface area contributed by atoms with Crippen LogP contribution in [0.15, 0.2) is 72.9 Å². The van der Waals surface area contributed by atoms with Gasteiger partial charge in [-0.25, -0.2) is 4.98 Å². The number of phenols is 1. The Morgan fingerprint density at radius 2 is 1.68 bits per heavy atom. The van der Waals surface area contributed by atoms with Crippen LogP contribution in [0.5, 0.6) is 5.75 Å². The molecule has 5 aromatic rings. The molecule has 2 aromatic heterocycles. The van der Waals surface area contributed by atoms with Gasteiger partial charge in [-0.05, 0) is 70.1 Å². The van der Waals surface area contributed by atoms with Gasteiger partial charge in [-0.1, -0.05) is 83.5 Å². The molecule has 0 bridgehead atoms. The van der Waals surface area contributed by atoms with E-state index in [4.69, 9.17) is 9.97 Å². The zero-order valence-electron chi connectivity index (χ0n) is 24.0. The molecule has 0 spiro atoms. The number of para-hydroxylation sites is 1. The summed E-state index contributed by atoms with van der Waals surface area (Å²) in [5.41, 5.74) is 10.1. The molecule has 0 saturated carbocycles. The molecule has 3 aromatic carbocycles. The number of phenolic OH excluding ortho intramolecular Hbond substituents is 1. The first-order valence-electron chi connectivity index (χ1n) is 13.5. The van der Waals surface area contributed by atoms with Gasteiger partial charge in [-0.2, -0.15) is 0 Å². The maximum Gasteiger partial charge on any atom is 0.140 e. The van der Waals surface area contributed by atoms with E-state index in [1.165, 1.54) is 16.7 Å². The molecule has 0 amide bonds. The van der Waals surface area contributed by atoms with Crippen LogP contribution < -0.4 is 4.90 Å². The average Bonchev–Trinajstić information content (AvgIpc) is 2.88. The van der Waals surface area contributed by atoms with Crippen LogP contribution in [-0.2, 0) is 31.9 Å². The molecular weight excluding hydrogens is 673 g/mol. The van der Waals surface area contributed by atoms with Gasteiger partial charge >= 0.3 is 0 Å². The predicted octanol–water partition coefficient (Wildman–Crippen LogP) is 8.82. The molecule has 5 heteroatoms. The number of rotatable bonds is 2. The number of anilines is 3. The van der Waals surface area contributed by atoms with Crippen molar-refractivity contribution in [2.75, 3.05) is 4.90 Å². The Morgan fingerprint density at radius 1 is 0.925 bits per heavy atom. The summed E-state index contributed by atoms with van der Waals surface area (Å²) in [6, 6.07) is 26.5. The number of aromatic hydroxyl groups is 1. The van der Waals surface area contributed by atoms with Crippen molar-refractivity contribution in [1.82, 2.24) is 9.97 Å². The van der Waals surface area contributed by atoms with Crippen molar-refractivity contribution in [2.24, 2.45) is 0 Å². The number of hydrogen-bond acceptors (Lipinski definition) is 4. The maximum atomic E-state index is 10.8. The standard InChI is InChI=1S/C35H34N3O.Pt/c1-21-16-17-36-31(18-21)38-28-11-9-8-10-26(28)35(6,7)32-22(2)19-23(20-29(32)38)27-14-12-24-25(34(3,4)5)13-15-30(39)33(24)37-27;/h8-19,39H,1-7H3;/q-1;. The van der Waals surface area contributed by atoms with Crippen molar-refractivity contribution < 1.29 is 26.2 Å². The molecule has 3 heterocycles. The van der Waals surface area contributed by atoms with Gasteiger partial charge in [0.2, 0.25) is 0 Å². The van der Waals surface area contributed by atoms with Crippen molar-refractivity contribution >= 4 is 28.1 Å². The second-order valence-corrected chi connectivity index (χ2v) is 12.2. The van der Waals surface area contributed by atoms with Crippen molar-refractivity contribution in [2.45, 2.75) is 59.3 Å². The maximum absolute atomic E-state index is 10.8. The number of nitrogens with zero attached hydrogens (tertiary/aromatic N) is 3. The van der Waals surface area contributed by atoms with Gasteiger partial charge in [-0.3, -0.25) is 4.98 Å². The molecule has 0 unspecified atom stereocenters. The SMILES string of the molecule is Cc1ccnc(N2c3[c-]c(-c4ccc5c(C(C)(C)C)ccc(O)c5n4)cc(C)c3C(C)(C)c3ccccc32)c1.[Pt]. The molecule has 4 nitrogen and oxygen atoms in total. The van der Waals surface area contributed by atoms with E-state index in [-0.39, 0.29) is 37.6 Å². The van der Waals surface area contributed by atoms with Gasteiger partial charge < -0.3 is 10.0 Å². The predicted molar refractivity (Wildman–Crippen MR) is 160 cm³/mol. The molecule has 0 saturated heterocycles. The van der Waals surface area contributed by atoms with Crippen LogP contribution in [0.4, 0.5) is 17.2 Å². The van der Waals surface area contributed by atoms with Gasteiger partial charge in [0.05, 0.1) is 0 Å². The average molecular weight is 708 g/mol. The van der Waals surface area contributed by atoms with Gasteiger partial charge in [0.25, 0.3) is 0 Å². The molecule has 6 rings (SSSR count). The van der Waals surface area contributed by atoms with Crippen LogP contribution in [0.2, 0.25) is 0 Å². The van der Waals surface area contributed by atoms with Crippen LogP contribution in [0.25, 0.3) is 22.2 Å². The van der Waals surface area contributed by atoms with Crippen LogP contribution in [0.3, 0.4) is 0 Å². The minimum absolute atomic E-state index is 0. The van der Waals surface area contributed by atoms with E-state index in [1.807, 2.05) is 24.4 Å². The van der Waals surface area contributed by atoms with Gasteiger partial charge in [0.1, 0.15) is 17.1 Å². The van der Waals surface area contributed by atoms with Crippen molar-refractivity contribution in [3.05, 3.63) is 107 Å². The number of aromatic nitrogens is 2. The van der Waals surface area contributed by atoms with E-state index >= 15 is 0 Å². The fourth-order valence-electron chi connectivity index (χ4n) is 6.14. The number of benzene rings is 3. The summed E-state index contributed by atoms with van der Waals surface area (Å²) in [6.45, 7) is 15.4. The van der Waals surface area contributed by atoms with Gasteiger partial charge in [0, 0.05) is 38.3 Å². The zero-order valence-corrected chi connectivity index (χ0v) is 26.3. The molecule has 1 aliphatic rings. The Hall–Kier alpha value is -3.49. The topological polar surface area (TPSA) is 49.2 Å². The number of pyridine rings is 2. The summed E-state index contributed by atoms with van der Waals surface area (Å²) >= 11 is 0. The van der Waals surface area contributed by atoms with E-state index in [9.17, 15) is 5.11 Å². The Labute approximate surface area is 251 Å². The van der Waals surface area contributed by atoms with E-state index in [0.29, 0.717) is 5.52 Å². The van der Waals surface area contributed by atoms with Crippen LogP contribution in [-0.4, -0.2) is 15.1 Å². The van der Waals surface area contributed by atoms with Crippen LogP contribution >= 0.6 is 0 Å². The molecule has 0 fully saturated rings. The minimum atomic E-state index is -0.220. The summed E-state index contributed by atoms with van der Waals surface area (Å²) in [5.74, 6) is 1.06. The van der Waals surface area contributed by atoms with Crippen LogP contribution in [0.1, 0.15) is 62.4 Å². The molecule has 0 aliphatic carbocycles.